The van der Waals surface area contributed by atoms with E-state index in [1.807, 2.05) is 0 Å². The molecule has 0 saturated carbocycles. The van der Waals surface area contributed by atoms with Gasteiger partial charge in [0.05, 0.1) is 17.4 Å². The third-order valence-electron chi connectivity index (χ3n) is 3.36. The van der Waals surface area contributed by atoms with Crippen LogP contribution in [0.15, 0.2) is 24.3 Å². The Balaban J connectivity index is 2.74. The van der Waals surface area contributed by atoms with Gasteiger partial charge in [0.15, 0.2) is 0 Å². The lowest BCUT2D eigenvalue weighted by atomic mass is 9.83. The van der Waals surface area contributed by atoms with Crippen molar-refractivity contribution in [3.05, 3.63) is 29.8 Å². The summed E-state index contributed by atoms with van der Waals surface area (Å²) < 4.78 is 0. The minimum absolute atomic E-state index is 0.128. The van der Waals surface area contributed by atoms with Gasteiger partial charge in [0.25, 0.3) is 0 Å². The van der Waals surface area contributed by atoms with Crippen LogP contribution >= 0.6 is 0 Å². The molecule has 0 aromatic heterocycles. The first-order chi connectivity index (χ1) is 9.54. The summed E-state index contributed by atoms with van der Waals surface area (Å²) in [6.07, 6.45) is -0.435. The zero-order valence-corrected chi connectivity index (χ0v) is 12.5. The number of nitrogens with two attached hydrogens (primary N) is 1. The molecule has 1 atom stereocenters. The highest BCUT2D eigenvalue weighted by Gasteiger charge is 2.32. The molecule has 1 amide bonds. The SMILES string of the molecule is CC(O)(CNC(=O)C(C)(C)c1ccc(N)cc1)CC(=O)O. The monoisotopic (exact) mass is 294 g/mol. The van der Waals surface area contributed by atoms with Crippen LogP contribution in [0, 0.1) is 0 Å². The second kappa shape index (κ2) is 6.13. The van der Waals surface area contributed by atoms with Gasteiger partial charge in [-0.15, -0.1) is 0 Å². The molecule has 0 aliphatic heterocycles. The van der Waals surface area contributed by atoms with Gasteiger partial charge in [0.2, 0.25) is 5.91 Å². The van der Waals surface area contributed by atoms with Gasteiger partial charge in [-0.25, -0.2) is 0 Å². The summed E-state index contributed by atoms with van der Waals surface area (Å²) in [5.41, 5.74) is 4.71. The Kier molecular flexibility index (Phi) is 4.96. The minimum atomic E-state index is -1.49. The Morgan fingerprint density at radius 2 is 1.71 bits per heavy atom. The number of hydrogen-bond acceptors (Lipinski definition) is 4. The van der Waals surface area contributed by atoms with Crippen LogP contribution in [0.2, 0.25) is 0 Å². The van der Waals surface area contributed by atoms with Crippen molar-refractivity contribution < 1.29 is 19.8 Å². The van der Waals surface area contributed by atoms with Crippen molar-refractivity contribution in [3.63, 3.8) is 0 Å². The second-order valence-corrected chi connectivity index (χ2v) is 6.00. The van der Waals surface area contributed by atoms with Crippen LogP contribution in [0.3, 0.4) is 0 Å². The third-order valence-corrected chi connectivity index (χ3v) is 3.36. The molecule has 0 bridgehead atoms. The zero-order valence-electron chi connectivity index (χ0n) is 12.5. The maximum Gasteiger partial charge on any atom is 0.306 e. The first-order valence-electron chi connectivity index (χ1n) is 6.63. The smallest absolute Gasteiger partial charge is 0.306 e. The molecule has 0 aliphatic carbocycles. The van der Waals surface area contributed by atoms with Gasteiger partial charge in [0, 0.05) is 12.2 Å². The number of carbonyl (C=O) groups is 2. The fourth-order valence-electron chi connectivity index (χ4n) is 1.91. The number of rotatable bonds is 6. The number of aliphatic hydroxyl groups is 1. The second-order valence-electron chi connectivity index (χ2n) is 6.00. The molecule has 0 radical (unpaired) electrons. The molecule has 0 aliphatic rings. The molecule has 0 fully saturated rings. The summed E-state index contributed by atoms with van der Waals surface area (Å²) in [5.74, 6) is -1.41. The molecule has 0 spiro atoms. The van der Waals surface area contributed by atoms with E-state index in [1.165, 1.54) is 6.92 Å². The van der Waals surface area contributed by atoms with Gasteiger partial charge in [-0.2, -0.15) is 0 Å². The highest BCUT2D eigenvalue weighted by atomic mass is 16.4. The first kappa shape index (κ1) is 17.0. The number of amides is 1. The summed E-state index contributed by atoms with van der Waals surface area (Å²) in [6, 6.07) is 6.96. The van der Waals surface area contributed by atoms with Crippen molar-refractivity contribution in [3.8, 4) is 0 Å². The van der Waals surface area contributed by atoms with E-state index in [1.54, 1.807) is 38.1 Å². The van der Waals surface area contributed by atoms with Crippen LogP contribution in [0.1, 0.15) is 32.8 Å². The number of benzene rings is 1. The van der Waals surface area contributed by atoms with Gasteiger partial charge in [-0.1, -0.05) is 12.1 Å². The van der Waals surface area contributed by atoms with Crippen LogP contribution in [-0.4, -0.2) is 34.2 Å². The molecule has 21 heavy (non-hydrogen) atoms. The summed E-state index contributed by atoms with van der Waals surface area (Å²) in [6.45, 7) is 4.74. The largest absolute Gasteiger partial charge is 0.481 e. The Labute approximate surface area is 124 Å². The average molecular weight is 294 g/mol. The summed E-state index contributed by atoms with van der Waals surface area (Å²) in [5, 5.41) is 21.2. The van der Waals surface area contributed by atoms with Gasteiger partial charge in [0.1, 0.15) is 0 Å². The first-order valence-corrected chi connectivity index (χ1v) is 6.63. The molecule has 6 heteroatoms. The molecule has 1 unspecified atom stereocenters. The lowest BCUT2D eigenvalue weighted by Gasteiger charge is -2.27. The van der Waals surface area contributed by atoms with Crippen molar-refractivity contribution in [1.82, 2.24) is 5.32 Å². The minimum Gasteiger partial charge on any atom is -0.481 e. The van der Waals surface area contributed by atoms with E-state index in [-0.39, 0.29) is 12.5 Å². The molecule has 5 N–H and O–H groups in total. The molecule has 1 rings (SSSR count). The number of carboxylic acid groups (broad SMARTS) is 1. The van der Waals surface area contributed by atoms with Crippen LogP contribution in [0.25, 0.3) is 0 Å². The number of nitrogen functional groups attached to an aromatic ring is 1. The molecule has 0 heterocycles. The zero-order chi connectivity index (χ0) is 16.3. The van der Waals surface area contributed by atoms with E-state index >= 15 is 0 Å². The van der Waals surface area contributed by atoms with Crippen molar-refractivity contribution in [2.75, 3.05) is 12.3 Å². The number of hydrogen-bond donors (Lipinski definition) is 4. The standard InChI is InChI=1S/C15H22N2O4/c1-14(2,10-4-6-11(16)7-5-10)13(20)17-9-15(3,21)8-12(18)19/h4-7,21H,8-9,16H2,1-3H3,(H,17,20)(H,18,19). The van der Waals surface area contributed by atoms with Crippen molar-refractivity contribution in [2.24, 2.45) is 0 Å². The van der Waals surface area contributed by atoms with E-state index in [4.69, 9.17) is 10.8 Å². The molecule has 116 valence electrons. The normalized spacial score (nSPS) is 14.3. The lowest BCUT2D eigenvalue weighted by Crippen LogP contribution is -2.47. The molecule has 1 aromatic carbocycles. The van der Waals surface area contributed by atoms with Crippen molar-refractivity contribution >= 4 is 17.6 Å². The predicted molar refractivity (Wildman–Crippen MR) is 79.8 cm³/mol. The van der Waals surface area contributed by atoms with E-state index in [2.05, 4.69) is 5.32 Å². The van der Waals surface area contributed by atoms with E-state index in [0.717, 1.165) is 5.56 Å². The summed E-state index contributed by atoms with van der Waals surface area (Å²) in [4.78, 5) is 22.9. The average Bonchev–Trinajstić information content (AvgIpc) is 2.35. The highest BCUT2D eigenvalue weighted by molar-refractivity contribution is 5.87. The van der Waals surface area contributed by atoms with Crippen molar-refractivity contribution in [2.45, 2.75) is 38.2 Å². The number of anilines is 1. The van der Waals surface area contributed by atoms with E-state index in [9.17, 15) is 14.7 Å². The fraction of sp³-hybridized carbons (Fsp3) is 0.467. The Morgan fingerprint density at radius 1 is 1.19 bits per heavy atom. The Hall–Kier alpha value is -2.08. The van der Waals surface area contributed by atoms with Crippen LogP contribution < -0.4 is 11.1 Å². The molecule has 0 saturated heterocycles. The quantitative estimate of drug-likeness (QED) is 0.582. The maximum absolute atomic E-state index is 12.3. The van der Waals surface area contributed by atoms with Crippen LogP contribution in [0.4, 0.5) is 5.69 Å². The molecule has 1 aromatic rings. The summed E-state index contributed by atoms with van der Waals surface area (Å²) in [7, 11) is 0. The lowest BCUT2D eigenvalue weighted by molar-refractivity contribution is -0.142. The fourth-order valence-corrected chi connectivity index (χ4v) is 1.91. The Morgan fingerprint density at radius 3 is 2.19 bits per heavy atom. The number of nitrogens with one attached hydrogen (secondary N) is 1. The van der Waals surface area contributed by atoms with Crippen LogP contribution in [0.5, 0.6) is 0 Å². The van der Waals surface area contributed by atoms with Gasteiger partial charge in [-0.05, 0) is 38.5 Å². The number of aliphatic carboxylic acids is 1. The number of carboxylic acids is 1. The topological polar surface area (TPSA) is 113 Å². The van der Waals surface area contributed by atoms with E-state index < -0.39 is 23.4 Å². The maximum atomic E-state index is 12.3. The highest BCUT2D eigenvalue weighted by Crippen LogP contribution is 2.24. The molecular weight excluding hydrogens is 272 g/mol. The van der Waals surface area contributed by atoms with E-state index in [0.29, 0.717) is 5.69 Å². The number of carbonyl (C=O) groups excluding carboxylic acids is 1. The Bertz CT molecular complexity index is 521. The van der Waals surface area contributed by atoms with Gasteiger partial charge < -0.3 is 21.3 Å². The van der Waals surface area contributed by atoms with Gasteiger partial charge >= 0.3 is 5.97 Å². The summed E-state index contributed by atoms with van der Waals surface area (Å²) >= 11 is 0. The predicted octanol–water partition coefficient (Wildman–Crippen LogP) is 0.888. The van der Waals surface area contributed by atoms with Crippen molar-refractivity contribution in [1.29, 1.82) is 0 Å². The van der Waals surface area contributed by atoms with Crippen LogP contribution in [-0.2, 0) is 15.0 Å². The molecule has 6 nitrogen and oxygen atoms in total. The molecular formula is C15H22N2O4. The third kappa shape index (κ3) is 4.75. The van der Waals surface area contributed by atoms with Gasteiger partial charge in [-0.3, -0.25) is 9.59 Å².